The Morgan fingerprint density at radius 2 is 2.08 bits per heavy atom. The van der Waals surface area contributed by atoms with Crippen molar-refractivity contribution in [1.82, 2.24) is 5.32 Å². The molecule has 0 amide bonds. The van der Waals surface area contributed by atoms with Crippen molar-refractivity contribution in [3.8, 4) is 0 Å². The number of piperidine rings is 1. The number of Topliss-reactive ketones (excluding diaryl/α,β-unsaturated/α-hetero) is 1. The first-order chi connectivity index (χ1) is 5.84. The molecule has 0 unspecified atom stereocenters. The molecule has 1 heterocycles. The summed E-state index contributed by atoms with van der Waals surface area (Å²) in [6.45, 7) is 2.07. The van der Waals surface area contributed by atoms with Gasteiger partial charge in [-0.05, 0) is 32.4 Å². The van der Waals surface area contributed by atoms with Crippen molar-refractivity contribution in [1.29, 1.82) is 0 Å². The van der Waals surface area contributed by atoms with Crippen LogP contribution in [-0.4, -0.2) is 30.6 Å². The summed E-state index contributed by atoms with van der Waals surface area (Å²) in [5.41, 5.74) is 0. The summed E-state index contributed by atoms with van der Waals surface area (Å²) in [4.78, 5) is 11.4. The van der Waals surface area contributed by atoms with Gasteiger partial charge in [-0.15, -0.1) is 0 Å². The molecule has 1 aliphatic rings. The van der Waals surface area contributed by atoms with E-state index in [1.54, 1.807) is 0 Å². The Balaban J connectivity index is 2.20. The third-order valence-corrected chi connectivity index (χ3v) is 2.38. The van der Waals surface area contributed by atoms with Crippen LogP contribution < -0.4 is 5.32 Å². The molecule has 70 valence electrons. The van der Waals surface area contributed by atoms with Crippen LogP contribution in [0.15, 0.2) is 0 Å². The Morgan fingerprint density at radius 1 is 1.42 bits per heavy atom. The number of nitrogens with one attached hydrogen (secondary N) is 1. The van der Waals surface area contributed by atoms with Crippen LogP contribution in [0.5, 0.6) is 0 Å². The molecule has 3 heteroatoms. The monoisotopic (exact) mass is 171 g/mol. The normalized spacial score (nSPS) is 19.4. The number of ketones is 1. The molecule has 1 saturated heterocycles. The minimum absolute atomic E-state index is 0.136. The highest BCUT2D eigenvalue weighted by Gasteiger charge is 2.19. The van der Waals surface area contributed by atoms with E-state index in [1.807, 2.05) is 0 Å². The molecule has 0 aliphatic carbocycles. The van der Waals surface area contributed by atoms with Crippen LogP contribution in [0.3, 0.4) is 0 Å². The predicted molar refractivity (Wildman–Crippen MR) is 46.9 cm³/mol. The molecule has 1 rings (SSSR count). The highest BCUT2D eigenvalue weighted by atomic mass is 16.3. The highest BCUT2D eigenvalue weighted by Crippen LogP contribution is 2.14. The van der Waals surface area contributed by atoms with E-state index in [0.29, 0.717) is 18.6 Å². The van der Waals surface area contributed by atoms with Gasteiger partial charge in [0.05, 0.1) is 0 Å². The summed E-state index contributed by atoms with van der Waals surface area (Å²) < 4.78 is 0. The molecule has 1 aliphatic heterocycles. The SMILES string of the molecule is O=C(CCCO)C1CCNCC1. The van der Waals surface area contributed by atoms with Crippen LogP contribution in [0.2, 0.25) is 0 Å². The quantitative estimate of drug-likeness (QED) is 0.640. The fourth-order valence-corrected chi connectivity index (χ4v) is 1.60. The van der Waals surface area contributed by atoms with Gasteiger partial charge in [-0.2, -0.15) is 0 Å². The summed E-state index contributed by atoms with van der Waals surface area (Å²) in [6, 6.07) is 0. The third-order valence-electron chi connectivity index (χ3n) is 2.38. The lowest BCUT2D eigenvalue weighted by Gasteiger charge is -2.21. The average molecular weight is 171 g/mol. The molecule has 0 bridgehead atoms. The van der Waals surface area contributed by atoms with Crippen LogP contribution in [0, 0.1) is 5.92 Å². The highest BCUT2D eigenvalue weighted by molar-refractivity contribution is 5.81. The number of carbonyl (C=O) groups excluding carboxylic acids is 1. The number of aliphatic hydroxyl groups excluding tert-OH is 1. The molecule has 12 heavy (non-hydrogen) atoms. The van der Waals surface area contributed by atoms with E-state index in [1.165, 1.54) is 0 Å². The summed E-state index contributed by atoms with van der Waals surface area (Å²) in [5, 5.41) is 11.8. The van der Waals surface area contributed by atoms with Crippen molar-refractivity contribution in [3.05, 3.63) is 0 Å². The van der Waals surface area contributed by atoms with Crippen LogP contribution in [-0.2, 0) is 4.79 Å². The number of hydrogen-bond acceptors (Lipinski definition) is 3. The van der Waals surface area contributed by atoms with Gasteiger partial charge in [0.1, 0.15) is 5.78 Å². The molecule has 0 atom stereocenters. The van der Waals surface area contributed by atoms with Crippen molar-refractivity contribution in [2.24, 2.45) is 5.92 Å². The first-order valence-corrected chi connectivity index (χ1v) is 4.69. The van der Waals surface area contributed by atoms with Gasteiger partial charge in [0.25, 0.3) is 0 Å². The van der Waals surface area contributed by atoms with Crippen molar-refractivity contribution in [2.75, 3.05) is 19.7 Å². The zero-order chi connectivity index (χ0) is 8.81. The van der Waals surface area contributed by atoms with Crippen molar-refractivity contribution < 1.29 is 9.90 Å². The molecular weight excluding hydrogens is 154 g/mol. The second kappa shape index (κ2) is 5.27. The summed E-state index contributed by atoms with van der Waals surface area (Å²) in [5.74, 6) is 0.600. The molecular formula is C9H17NO2. The van der Waals surface area contributed by atoms with Gasteiger partial charge >= 0.3 is 0 Å². The molecule has 0 aromatic heterocycles. The maximum absolute atomic E-state index is 11.4. The van der Waals surface area contributed by atoms with Gasteiger partial charge in [-0.3, -0.25) is 4.79 Å². The van der Waals surface area contributed by atoms with Crippen molar-refractivity contribution in [2.45, 2.75) is 25.7 Å². The first kappa shape index (κ1) is 9.68. The molecule has 3 nitrogen and oxygen atoms in total. The average Bonchev–Trinajstić information content (AvgIpc) is 2.15. The fourth-order valence-electron chi connectivity index (χ4n) is 1.60. The molecule has 0 aromatic rings. The van der Waals surface area contributed by atoms with E-state index in [0.717, 1.165) is 25.9 Å². The number of aliphatic hydroxyl groups is 1. The molecule has 0 aromatic carbocycles. The minimum atomic E-state index is 0.136. The van der Waals surface area contributed by atoms with Gasteiger partial charge < -0.3 is 10.4 Å². The fraction of sp³-hybridized carbons (Fsp3) is 0.889. The Kier molecular flexibility index (Phi) is 4.25. The topological polar surface area (TPSA) is 49.3 Å². The van der Waals surface area contributed by atoms with Crippen LogP contribution in [0.4, 0.5) is 0 Å². The van der Waals surface area contributed by atoms with Gasteiger partial charge in [-0.1, -0.05) is 0 Å². The van der Waals surface area contributed by atoms with Gasteiger partial charge in [-0.25, -0.2) is 0 Å². The number of carbonyl (C=O) groups is 1. The van der Waals surface area contributed by atoms with E-state index in [4.69, 9.17) is 5.11 Å². The molecule has 0 saturated carbocycles. The predicted octanol–water partition coefficient (Wildman–Crippen LogP) is 0.328. The summed E-state index contributed by atoms with van der Waals surface area (Å²) in [7, 11) is 0. The van der Waals surface area contributed by atoms with Crippen LogP contribution in [0.25, 0.3) is 0 Å². The Labute approximate surface area is 73.2 Å². The lowest BCUT2D eigenvalue weighted by Crippen LogP contribution is -2.31. The van der Waals surface area contributed by atoms with E-state index < -0.39 is 0 Å². The van der Waals surface area contributed by atoms with E-state index in [2.05, 4.69) is 5.32 Å². The van der Waals surface area contributed by atoms with E-state index in [-0.39, 0.29) is 12.5 Å². The molecule has 2 N–H and O–H groups in total. The second-order valence-corrected chi connectivity index (χ2v) is 3.32. The van der Waals surface area contributed by atoms with Crippen LogP contribution in [0.1, 0.15) is 25.7 Å². The van der Waals surface area contributed by atoms with Crippen LogP contribution >= 0.6 is 0 Å². The zero-order valence-corrected chi connectivity index (χ0v) is 7.38. The van der Waals surface area contributed by atoms with Gasteiger partial charge in [0.15, 0.2) is 0 Å². The lowest BCUT2D eigenvalue weighted by molar-refractivity contribution is -0.123. The first-order valence-electron chi connectivity index (χ1n) is 4.69. The van der Waals surface area contributed by atoms with Crippen molar-refractivity contribution >= 4 is 5.78 Å². The van der Waals surface area contributed by atoms with Crippen molar-refractivity contribution in [3.63, 3.8) is 0 Å². The summed E-state index contributed by atoms with van der Waals surface area (Å²) in [6.07, 6.45) is 3.14. The smallest absolute Gasteiger partial charge is 0.136 e. The van der Waals surface area contributed by atoms with E-state index >= 15 is 0 Å². The summed E-state index contributed by atoms with van der Waals surface area (Å²) >= 11 is 0. The maximum atomic E-state index is 11.4. The second-order valence-electron chi connectivity index (χ2n) is 3.32. The Hall–Kier alpha value is -0.410. The molecule has 0 spiro atoms. The van der Waals surface area contributed by atoms with Gasteiger partial charge in [0, 0.05) is 18.9 Å². The molecule has 1 fully saturated rings. The Bertz CT molecular complexity index is 141. The number of hydrogen-bond donors (Lipinski definition) is 2. The number of rotatable bonds is 4. The largest absolute Gasteiger partial charge is 0.396 e. The van der Waals surface area contributed by atoms with E-state index in [9.17, 15) is 4.79 Å². The maximum Gasteiger partial charge on any atom is 0.136 e. The van der Waals surface area contributed by atoms with Gasteiger partial charge in [0.2, 0.25) is 0 Å². The molecule has 0 radical (unpaired) electrons. The minimum Gasteiger partial charge on any atom is -0.396 e. The third kappa shape index (κ3) is 2.91. The lowest BCUT2D eigenvalue weighted by atomic mass is 9.91. The zero-order valence-electron chi connectivity index (χ0n) is 7.38. The Morgan fingerprint density at radius 3 is 2.67 bits per heavy atom. The standard InChI is InChI=1S/C9H17NO2/c11-7-1-2-9(12)8-3-5-10-6-4-8/h8,10-11H,1-7H2.